The van der Waals surface area contributed by atoms with Gasteiger partial charge in [0.05, 0.1) is 11.7 Å². The van der Waals surface area contributed by atoms with Gasteiger partial charge in [-0.15, -0.1) is 0 Å². The highest BCUT2D eigenvalue weighted by molar-refractivity contribution is 5.79. The van der Waals surface area contributed by atoms with E-state index in [2.05, 4.69) is 42.5 Å². The van der Waals surface area contributed by atoms with Gasteiger partial charge in [-0.3, -0.25) is 4.68 Å². The maximum Gasteiger partial charge on any atom is 0.0685 e. The number of benzene rings is 1. The van der Waals surface area contributed by atoms with Crippen LogP contribution in [0.5, 0.6) is 0 Å². The SMILES string of the molecule is CCn1ncc2ccc(C(C)NC)cc21. The number of aryl methyl sites for hydroxylation is 1. The first-order chi connectivity index (χ1) is 7.26. The number of fused-ring (bicyclic) bond motifs is 1. The molecule has 0 saturated carbocycles. The van der Waals surface area contributed by atoms with Gasteiger partial charge in [-0.2, -0.15) is 5.10 Å². The smallest absolute Gasteiger partial charge is 0.0685 e. The zero-order valence-corrected chi connectivity index (χ0v) is 9.49. The molecular formula is C12H17N3. The van der Waals surface area contributed by atoms with E-state index in [1.807, 2.05) is 17.9 Å². The summed E-state index contributed by atoms with van der Waals surface area (Å²) in [6.07, 6.45) is 1.92. The van der Waals surface area contributed by atoms with Crippen molar-refractivity contribution in [3.8, 4) is 0 Å². The van der Waals surface area contributed by atoms with Crippen LogP contribution in [0.2, 0.25) is 0 Å². The number of aromatic nitrogens is 2. The molecule has 3 heteroatoms. The molecule has 80 valence electrons. The number of nitrogens with one attached hydrogen (secondary N) is 1. The van der Waals surface area contributed by atoms with Gasteiger partial charge in [0.1, 0.15) is 0 Å². The van der Waals surface area contributed by atoms with Crippen molar-refractivity contribution in [3.63, 3.8) is 0 Å². The van der Waals surface area contributed by atoms with Crippen molar-refractivity contribution in [2.75, 3.05) is 7.05 Å². The van der Waals surface area contributed by atoms with Crippen molar-refractivity contribution in [3.05, 3.63) is 30.0 Å². The zero-order chi connectivity index (χ0) is 10.8. The van der Waals surface area contributed by atoms with E-state index in [4.69, 9.17) is 0 Å². The first-order valence-corrected chi connectivity index (χ1v) is 5.39. The molecule has 1 atom stereocenters. The molecule has 0 fully saturated rings. The lowest BCUT2D eigenvalue weighted by Gasteiger charge is -2.10. The third-order valence-electron chi connectivity index (χ3n) is 2.90. The molecule has 0 amide bonds. The largest absolute Gasteiger partial charge is 0.313 e. The Morgan fingerprint density at radius 2 is 2.27 bits per heavy atom. The fourth-order valence-corrected chi connectivity index (χ4v) is 1.78. The van der Waals surface area contributed by atoms with Crippen LogP contribution in [0.4, 0.5) is 0 Å². The van der Waals surface area contributed by atoms with Gasteiger partial charge in [-0.25, -0.2) is 0 Å². The lowest BCUT2D eigenvalue weighted by molar-refractivity contribution is 0.650. The molecule has 1 aromatic heterocycles. The minimum atomic E-state index is 0.384. The van der Waals surface area contributed by atoms with E-state index in [1.54, 1.807) is 0 Å². The minimum Gasteiger partial charge on any atom is -0.313 e. The fraction of sp³-hybridized carbons (Fsp3) is 0.417. The average Bonchev–Trinajstić information content (AvgIpc) is 2.69. The molecule has 0 aliphatic rings. The molecule has 15 heavy (non-hydrogen) atoms. The molecule has 1 N–H and O–H groups in total. The van der Waals surface area contributed by atoms with Gasteiger partial charge < -0.3 is 5.32 Å². The van der Waals surface area contributed by atoms with Crippen LogP contribution in [-0.2, 0) is 6.54 Å². The second kappa shape index (κ2) is 4.03. The lowest BCUT2D eigenvalue weighted by Crippen LogP contribution is -2.12. The van der Waals surface area contributed by atoms with E-state index in [1.165, 1.54) is 16.5 Å². The van der Waals surface area contributed by atoms with Crippen molar-refractivity contribution >= 4 is 10.9 Å². The summed E-state index contributed by atoms with van der Waals surface area (Å²) in [5.74, 6) is 0. The van der Waals surface area contributed by atoms with Crippen molar-refractivity contribution < 1.29 is 0 Å². The van der Waals surface area contributed by atoms with Crippen LogP contribution in [0.3, 0.4) is 0 Å². The Balaban J connectivity index is 2.52. The van der Waals surface area contributed by atoms with Gasteiger partial charge in [0, 0.05) is 18.0 Å². The minimum absolute atomic E-state index is 0.384. The summed E-state index contributed by atoms with van der Waals surface area (Å²) in [7, 11) is 1.98. The number of hydrogen-bond donors (Lipinski definition) is 1. The highest BCUT2D eigenvalue weighted by Crippen LogP contribution is 2.19. The molecule has 1 unspecified atom stereocenters. The molecule has 1 aromatic carbocycles. The molecule has 0 radical (unpaired) electrons. The predicted molar refractivity (Wildman–Crippen MR) is 62.9 cm³/mol. The Kier molecular flexibility index (Phi) is 2.73. The van der Waals surface area contributed by atoms with E-state index >= 15 is 0 Å². The second-order valence-electron chi connectivity index (χ2n) is 3.79. The van der Waals surface area contributed by atoms with E-state index in [-0.39, 0.29) is 0 Å². The lowest BCUT2D eigenvalue weighted by atomic mass is 10.1. The Bertz CT molecular complexity index is 459. The van der Waals surface area contributed by atoms with E-state index in [9.17, 15) is 0 Å². The molecule has 1 heterocycles. The summed E-state index contributed by atoms with van der Waals surface area (Å²) in [6, 6.07) is 6.89. The summed E-state index contributed by atoms with van der Waals surface area (Å²) >= 11 is 0. The summed E-state index contributed by atoms with van der Waals surface area (Å²) < 4.78 is 2.03. The Morgan fingerprint density at radius 3 is 2.93 bits per heavy atom. The van der Waals surface area contributed by atoms with E-state index in [0.29, 0.717) is 6.04 Å². The maximum absolute atomic E-state index is 4.34. The summed E-state index contributed by atoms with van der Waals surface area (Å²) in [5, 5.41) is 8.79. The van der Waals surface area contributed by atoms with Gasteiger partial charge in [0.25, 0.3) is 0 Å². The summed E-state index contributed by atoms with van der Waals surface area (Å²) in [6.45, 7) is 5.19. The van der Waals surface area contributed by atoms with Crippen LogP contribution < -0.4 is 5.32 Å². The van der Waals surface area contributed by atoms with Crippen molar-refractivity contribution in [1.29, 1.82) is 0 Å². The molecule has 2 aromatic rings. The third kappa shape index (κ3) is 1.75. The van der Waals surface area contributed by atoms with Crippen LogP contribution in [0, 0.1) is 0 Å². The molecule has 0 aliphatic carbocycles. The highest BCUT2D eigenvalue weighted by Gasteiger charge is 2.06. The second-order valence-corrected chi connectivity index (χ2v) is 3.79. The first kappa shape index (κ1) is 10.2. The first-order valence-electron chi connectivity index (χ1n) is 5.39. The molecule has 2 rings (SSSR count). The summed E-state index contributed by atoms with van der Waals surface area (Å²) in [5.41, 5.74) is 2.53. The maximum atomic E-state index is 4.34. The molecular weight excluding hydrogens is 186 g/mol. The van der Waals surface area contributed by atoms with E-state index < -0.39 is 0 Å². The number of rotatable bonds is 3. The molecule has 0 aliphatic heterocycles. The molecule has 3 nitrogen and oxygen atoms in total. The number of nitrogens with zero attached hydrogens (tertiary/aromatic N) is 2. The molecule has 0 spiro atoms. The van der Waals surface area contributed by atoms with Crippen LogP contribution in [0.25, 0.3) is 10.9 Å². The van der Waals surface area contributed by atoms with Crippen LogP contribution in [-0.4, -0.2) is 16.8 Å². The normalized spacial score (nSPS) is 13.3. The van der Waals surface area contributed by atoms with Crippen LogP contribution in [0.1, 0.15) is 25.5 Å². The van der Waals surface area contributed by atoms with Crippen molar-refractivity contribution in [2.24, 2.45) is 0 Å². The average molecular weight is 203 g/mol. The third-order valence-corrected chi connectivity index (χ3v) is 2.90. The van der Waals surface area contributed by atoms with E-state index in [0.717, 1.165) is 6.54 Å². The number of hydrogen-bond acceptors (Lipinski definition) is 2. The van der Waals surface area contributed by atoms with Gasteiger partial charge in [0.15, 0.2) is 0 Å². The highest BCUT2D eigenvalue weighted by atomic mass is 15.3. The standard InChI is InChI=1S/C12H17N3/c1-4-15-12-7-10(9(2)13-3)5-6-11(12)8-14-15/h5-9,13H,4H2,1-3H3. The van der Waals surface area contributed by atoms with Crippen molar-refractivity contribution in [1.82, 2.24) is 15.1 Å². The fourth-order valence-electron chi connectivity index (χ4n) is 1.78. The molecule has 0 bridgehead atoms. The van der Waals surface area contributed by atoms with Gasteiger partial charge in [0.2, 0.25) is 0 Å². The van der Waals surface area contributed by atoms with Crippen LogP contribution in [0.15, 0.2) is 24.4 Å². The molecule has 0 saturated heterocycles. The Morgan fingerprint density at radius 1 is 1.47 bits per heavy atom. The summed E-state index contributed by atoms with van der Waals surface area (Å²) in [4.78, 5) is 0. The monoisotopic (exact) mass is 203 g/mol. The Hall–Kier alpha value is -1.35. The predicted octanol–water partition coefficient (Wildman–Crippen LogP) is 2.34. The zero-order valence-electron chi connectivity index (χ0n) is 9.49. The quantitative estimate of drug-likeness (QED) is 0.829. The topological polar surface area (TPSA) is 29.9 Å². The van der Waals surface area contributed by atoms with Gasteiger partial charge in [-0.05, 0) is 32.5 Å². The van der Waals surface area contributed by atoms with Crippen LogP contribution >= 0.6 is 0 Å². The Labute approximate surface area is 90.1 Å². The van der Waals surface area contributed by atoms with Gasteiger partial charge >= 0.3 is 0 Å². The van der Waals surface area contributed by atoms with Gasteiger partial charge in [-0.1, -0.05) is 12.1 Å². The van der Waals surface area contributed by atoms with Crippen molar-refractivity contribution in [2.45, 2.75) is 26.4 Å².